The van der Waals surface area contributed by atoms with Gasteiger partial charge in [0.2, 0.25) is 0 Å². The van der Waals surface area contributed by atoms with Crippen LogP contribution in [-0.4, -0.2) is 21.1 Å². The van der Waals surface area contributed by atoms with Gasteiger partial charge in [0.05, 0.1) is 5.69 Å². The van der Waals surface area contributed by atoms with Gasteiger partial charge >= 0.3 is 0 Å². The van der Waals surface area contributed by atoms with Crippen molar-refractivity contribution < 1.29 is 4.79 Å². The molecule has 0 bridgehead atoms. The van der Waals surface area contributed by atoms with Gasteiger partial charge in [-0.05, 0) is 31.2 Å². The number of carbonyl (C=O) groups excluding carboxylic acids is 1. The summed E-state index contributed by atoms with van der Waals surface area (Å²) in [4.78, 5) is 13.6. The Bertz CT molecular complexity index is 519. The van der Waals surface area contributed by atoms with Gasteiger partial charge in [-0.1, -0.05) is 0 Å². The number of rotatable bonds is 3. The quantitative estimate of drug-likeness (QED) is 0.771. The third kappa shape index (κ3) is 1.37. The zero-order chi connectivity index (χ0) is 10.4. The van der Waals surface area contributed by atoms with Crippen molar-refractivity contribution in [2.45, 2.75) is 19.3 Å². The number of aryl methyl sites for hydroxylation is 1. The molecule has 15 heavy (non-hydrogen) atoms. The molecular formula is C11H13N3O. The Kier molecular flexibility index (Phi) is 1.71. The second kappa shape index (κ2) is 2.95. The van der Waals surface area contributed by atoms with Crippen LogP contribution in [0, 0.1) is 5.92 Å². The zero-order valence-electron chi connectivity index (χ0n) is 8.66. The smallest absolute Gasteiger partial charge is 0.166 e. The molecule has 78 valence electrons. The molecule has 0 atom stereocenters. The Labute approximate surface area is 87.3 Å². The van der Waals surface area contributed by atoms with Crippen molar-refractivity contribution in [2.24, 2.45) is 13.0 Å². The predicted molar refractivity (Wildman–Crippen MR) is 56.9 cm³/mol. The molecule has 1 saturated carbocycles. The Hall–Kier alpha value is -1.58. The summed E-state index contributed by atoms with van der Waals surface area (Å²) < 4.78 is 1.92. The van der Waals surface area contributed by atoms with Gasteiger partial charge in [0.15, 0.2) is 11.9 Å². The van der Waals surface area contributed by atoms with Crippen LogP contribution in [-0.2, 0) is 13.5 Å². The first-order valence-corrected chi connectivity index (χ1v) is 5.27. The van der Waals surface area contributed by atoms with Crippen LogP contribution in [0.4, 0.5) is 0 Å². The van der Waals surface area contributed by atoms with Crippen LogP contribution in [0.25, 0.3) is 11.0 Å². The Morgan fingerprint density at radius 1 is 1.67 bits per heavy atom. The lowest BCUT2D eigenvalue weighted by Gasteiger charge is -1.99. The summed E-state index contributed by atoms with van der Waals surface area (Å²) >= 11 is 0. The number of aromatic nitrogens is 3. The van der Waals surface area contributed by atoms with Gasteiger partial charge in [-0.2, -0.15) is 5.10 Å². The second-order valence-electron chi connectivity index (χ2n) is 4.32. The van der Waals surface area contributed by atoms with Gasteiger partial charge in [0, 0.05) is 18.1 Å². The minimum absolute atomic E-state index is 0.616. The molecule has 4 heteroatoms. The molecule has 2 heterocycles. The summed E-state index contributed by atoms with van der Waals surface area (Å²) in [7, 11) is 1.96. The first-order chi connectivity index (χ1) is 7.28. The van der Waals surface area contributed by atoms with Crippen LogP contribution in [0.3, 0.4) is 0 Å². The lowest BCUT2D eigenvalue weighted by atomic mass is 10.2. The Morgan fingerprint density at radius 3 is 3.13 bits per heavy atom. The molecule has 0 unspecified atom stereocenters. The van der Waals surface area contributed by atoms with E-state index < -0.39 is 0 Å². The van der Waals surface area contributed by atoms with Crippen LogP contribution in [0.5, 0.6) is 0 Å². The molecule has 1 N–H and O–H groups in total. The lowest BCUT2D eigenvalue weighted by Crippen LogP contribution is -1.99. The first kappa shape index (κ1) is 8.71. The van der Waals surface area contributed by atoms with Crippen LogP contribution in [0.1, 0.15) is 29.0 Å². The van der Waals surface area contributed by atoms with Gasteiger partial charge < -0.3 is 4.98 Å². The summed E-state index contributed by atoms with van der Waals surface area (Å²) in [5, 5.41) is 5.47. The fraction of sp³-hybridized carbons (Fsp3) is 0.455. The van der Waals surface area contributed by atoms with Gasteiger partial charge in [0.1, 0.15) is 0 Å². The molecule has 4 nitrogen and oxygen atoms in total. The monoisotopic (exact) mass is 203 g/mol. The van der Waals surface area contributed by atoms with Crippen molar-refractivity contribution in [3.05, 3.63) is 17.5 Å². The van der Waals surface area contributed by atoms with Crippen molar-refractivity contribution in [3.63, 3.8) is 0 Å². The maximum Gasteiger partial charge on any atom is 0.166 e. The summed E-state index contributed by atoms with van der Waals surface area (Å²) in [6.07, 6.45) is 4.58. The molecule has 0 amide bonds. The SMILES string of the molecule is Cn1nc2[nH]c(C=O)cc2c1CC1CC1. The molecule has 0 aliphatic heterocycles. The summed E-state index contributed by atoms with van der Waals surface area (Å²) in [6, 6.07) is 1.90. The number of hydrogen-bond donors (Lipinski definition) is 1. The third-order valence-corrected chi connectivity index (χ3v) is 3.08. The summed E-state index contributed by atoms with van der Waals surface area (Å²) in [5.74, 6) is 0.832. The highest BCUT2D eigenvalue weighted by molar-refractivity contribution is 5.87. The van der Waals surface area contributed by atoms with Gasteiger partial charge in [-0.15, -0.1) is 0 Å². The molecule has 0 spiro atoms. The number of carbonyl (C=O) groups is 1. The average Bonchev–Trinajstić information content (AvgIpc) is 2.88. The maximum atomic E-state index is 10.6. The van der Waals surface area contributed by atoms with E-state index >= 15 is 0 Å². The zero-order valence-corrected chi connectivity index (χ0v) is 8.66. The molecule has 0 aromatic carbocycles. The highest BCUT2D eigenvalue weighted by Crippen LogP contribution is 2.34. The minimum Gasteiger partial charge on any atom is -0.336 e. The molecule has 2 aromatic rings. The number of fused-ring (bicyclic) bond motifs is 1. The molecule has 2 aromatic heterocycles. The maximum absolute atomic E-state index is 10.6. The van der Waals surface area contributed by atoms with Gasteiger partial charge in [0.25, 0.3) is 0 Å². The normalized spacial score (nSPS) is 16.1. The van der Waals surface area contributed by atoms with E-state index in [4.69, 9.17) is 0 Å². The van der Waals surface area contributed by atoms with E-state index in [1.807, 2.05) is 17.8 Å². The van der Waals surface area contributed by atoms with Crippen molar-refractivity contribution in [1.82, 2.24) is 14.8 Å². The average molecular weight is 203 g/mol. The van der Waals surface area contributed by atoms with E-state index in [1.165, 1.54) is 18.5 Å². The first-order valence-electron chi connectivity index (χ1n) is 5.27. The topological polar surface area (TPSA) is 50.7 Å². The number of nitrogens with zero attached hydrogens (tertiary/aromatic N) is 2. The van der Waals surface area contributed by atoms with E-state index in [2.05, 4.69) is 10.1 Å². The van der Waals surface area contributed by atoms with E-state index in [-0.39, 0.29) is 0 Å². The number of hydrogen-bond acceptors (Lipinski definition) is 2. The van der Waals surface area contributed by atoms with E-state index in [9.17, 15) is 4.79 Å². The highest BCUT2D eigenvalue weighted by atomic mass is 16.1. The molecular weight excluding hydrogens is 190 g/mol. The second-order valence-corrected chi connectivity index (χ2v) is 4.32. The third-order valence-electron chi connectivity index (χ3n) is 3.08. The van der Waals surface area contributed by atoms with Crippen molar-refractivity contribution >= 4 is 17.3 Å². The summed E-state index contributed by atoms with van der Waals surface area (Å²) in [5.41, 5.74) is 2.69. The summed E-state index contributed by atoms with van der Waals surface area (Å²) in [6.45, 7) is 0. The van der Waals surface area contributed by atoms with Crippen molar-refractivity contribution in [3.8, 4) is 0 Å². The standard InChI is InChI=1S/C11H13N3O/c1-14-10(4-7-2-3-7)9-5-8(6-15)12-11(9)13-14/h5-7H,2-4H2,1H3,(H,12,13). The molecule has 1 fully saturated rings. The largest absolute Gasteiger partial charge is 0.336 e. The Balaban J connectivity index is 2.10. The highest BCUT2D eigenvalue weighted by Gasteiger charge is 2.24. The van der Waals surface area contributed by atoms with Crippen LogP contribution in [0.2, 0.25) is 0 Å². The van der Waals surface area contributed by atoms with Crippen molar-refractivity contribution in [1.29, 1.82) is 0 Å². The van der Waals surface area contributed by atoms with E-state index in [0.717, 1.165) is 29.7 Å². The molecule has 3 rings (SSSR count). The number of nitrogens with one attached hydrogen (secondary N) is 1. The molecule has 0 radical (unpaired) electrons. The lowest BCUT2D eigenvalue weighted by molar-refractivity contribution is 0.111. The van der Waals surface area contributed by atoms with Crippen LogP contribution in [0.15, 0.2) is 6.07 Å². The number of aromatic amines is 1. The number of H-pyrrole nitrogens is 1. The fourth-order valence-electron chi connectivity index (χ4n) is 2.05. The predicted octanol–water partition coefficient (Wildman–Crippen LogP) is 1.67. The van der Waals surface area contributed by atoms with Gasteiger partial charge in [-0.3, -0.25) is 9.48 Å². The molecule has 1 aliphatic carbocycles. The van der Waals surface area contributed by atoms with Crippen molar-refractivity contribution in [2.75, 3.05) is 0 Å². The fourth-order valence-corrected chi connectivity index (χ4v) is 2.05. The van der Waals surface area contributed by atoms with Crippen LogP contribution < -0.4 is 0 Å². The van der Waals surface area contributed by atoms with Gasteiger partial charge in [-0.25, -0.2) is 0 Å². The number of aldehydes is 1. The van der Waals surface area contributed by atoms with Crippen LogP contribution >= 0.6 is 0 Å². The molecule has 0 saturated heterocycles. The minimum atomic E-state index is 0.616. The Morgan fingerprint density at radius 2 is 2.47 bits per heavy atom. The molecule has 1 aliphatic rings. The van der Waals surface area contributed by atoms with E-state index in [0.29, 0.717) is 5.69 Å². The van der Waals surface area contributed by atoms with E-state index in [1.54, 1.807) is 0 Å².